The molecule has 0 amide bonds. The summed E-state index contributed by atoms with van der Waals surface area (Å²) in [6.45, 7) is 5.81. The van der Waals surface area contributed by atoms with Gasteiger partial charge in [0.25, 0.3) is 0 Å². The molecule has 0 spiro atoms. The number of hydrogen-bond acceptors (Lipinski definition) is 3. The van der Waals surface area contributed by atoms with Crippen LogP contribution >= 0.6 is 12.2 Å². The van der Waals surface area contributed by atoms with Gasteiger partial charge in [0.05, 0.1) is 4.90 Å². The highest BCUT2D eigenvalue weighted by Gasteiger charge is 2.20. The Bertz CT molecular complexity index is 907. The molecule has 5 nitrogen and oxygen atoms in total. The Labute approximate surface area is 155 Å². The molecule has 0 saturated heterocycles. The highest BCUT2D eigenvalue weighted by atomic mass is 32.2. The first-order valence-electron chi connectivity index (χ1n) is 7.79. The number of nitrogens with zero attached hydrogens (tertiary/aromatic N) is 1. The molecule has 0 heterocycles. The Morgan fingerprint density at radius 1 is 0.960 bits per heavy atom. The Balaban J connectivity index is 2.22. The quantitative estimate of drug-likeness (QED) is 0.796. The fourth-order valence-corrected chi connectivity index (χ4v) is 3.76. The molecule has 7 heteroatoms. The van der Waals surface area contributed by atoms with Crippen LogP contribution in [0.15, 0.2) is 41.3 Å². The molecule has 0 unspecified atom stereocenters. The number of thiocarbonyl (C=S) groups is 1. The lowest BCUT2D eigenvalue weighted by atomic mass is 10.1. The largest absolute Gasteiger partial charge is 0.332 e. The van der Waals surface area contributed by atoms with Crippen molar-refractivity contribution in [1.82, 2.24) is 4.31 Å². The molecule has 0 fully saturated rings. The second kappa shape index (κ2) is 7.51. The van der Waals surface area contributed by atoms with E-state index in [1.54, 1.807) is 25.1 Å². The van der Waals surface area contributed by atoms with Crippen molar-refractivity contribution in [3.8, 4) is 0 Å². The van der Waals surface area contributed by atoms with E-state index in [9.17, 15) is 8.42 Å². The van der Waals surface area contributed by atoms with Crippen molar-refractivity contribution in [3.05, 3.63) is 53.1 Å². The van der Waals surface area contributed by atoms with Gasteiger partial charge in [0.15, 0.2) is 5.11 Å². The normalized spacial score (nSPS) is 11.4. The van der Waals surface area contributed by atoms with Gasteiger partial charge in [0.1, 0.15) is 0 Å². The molecule has 2 rings (SSSR count). The van der Waals surface area contributed by atoms with Crippen LogP contribution in [0.25, 0.3) is 0 Å². The summed E-state index contributed by atoms with van der Waals surface area (Å²) in [6.07, 6.45) is 0. The average Bonchev–Trinajstić information content (AvgIpc) is 2.51. The summed E-state index contributed by atoms with van der Waals surface area (Å²) in [5.41, 5.74) is 4.49. The van der Waals surface area contributed by atoms with Crippen LogP contribution in [-0.4, -0.2) is 31.9 Å². The summed E-state index contributed by atoms with van der Waals surface area (Å²) in [7, 11) is -0.476. The van der Waals surface area contributed by atoms with Gasteiger partial charge in [0, 0.05) is 25.5 Å². The summed E-state index contributed by atoms with van der Waals surface area (Å²) < 4.78 is 26.0. The third-order valence-corrected chi connectivity index (χ3v) is 6.00. The molecule has 0 bridgehead atoms. The van der Waals surface area contributed by atoms with Crippen molar-refractivity contribution in [3.63, 3.8) is 0 Å². The number of anilines is 2. The minimum atomic E-state index is -3.51. The van der Waals surface area contributed by atoms with E-state index in [2.05, 4.69) is 16.7 Å². The molecule has 25 heavy (non-hydrogen) atoms. The molecule has 0 aromatic heterocycles. The smallest absolute Gasteiger partial charge is 0.242 e. The molecular weight excluding hydrogens is 354 g/mol. The standard InChI is InChI=1S/C18H23N3O2S2/c1-12-6-9-16(14(3)10-12)20-18(24)19-15-8-7-13(2)17(11-15)25(22,23)21(4)5/h6-11H,1-5H3,(H2,19,20,24). The monoisotopic (exact) mass is 377 g/mol. The Morgan fingerprint density at radius 3 is 2.24 bits per heavy atom. The van der Waals surface area contributed by atoms with Crippen LogP contribution in [0, 0.1) is 20.8 Å². The summed E-state index contributed by atoms with van der Waals surface area (Å²) in [4.78, 5) is 0.261. The average molecular weight is 378 g/mol. The van der Waals surface area contributed by atoms with Gasteiger partial charge < -0.3 is 10.6 Å². The van der Waals surface area contributed by atoms with Gasteiger partial charge >= 0.3 is 0 Å². The maximum atomic E-state index is 12.4. The number of rotatable bonds is 4. The molecule has 0 atom stereocenters. The fraction of sp³-hybridized carbons (Fsp3) is 0.278. The number of aryl methyl sites for hydroxylation is 3. The highest BCUT2D eigenvalue weighted by Crippen LogP contribution is 2.23. The third-order valence-electron chi connectivity index (χ3n) is 3.83. The summed E-state index contributed by atoms with van der Waals surface area (Å²) in [5.74, 6) is 0. The molecule has 0 radical (unpaired) electrons. The van der Waals surface area contributed by atoms with Crippen LogP contribution in [0.2, 0.25) is 0 Å². The van der Waals surface area contributed by atoms with Crippen molar-refractivity contribution in [2.75, 3.05) is 24.7 Å². The lowest BCUT2D eigenvalue weighted by Crippen LogP contribution is -2.24. The van der Waals surface area contributed by atoms with E-state index < -0.39 is 10.0 Å². The predicted octanol–water partition coefficient (Wildman–Crippen LogP) is 3.67. The molecular formula is C18H23N3O2S2. The Hall–Kier alpha value is -1.96. The van der Waals surface area contributed by atoms with E-state index in [4.69, 9.17) is 12.2 Å². The van der Waals surface area contributed by atoms with E-state index in [0.29, 0.717) is 16.4 Å². The first kappa shape index (κ1) is 19.4. The van der Waals surface area contributed by atoms with E-state index in [0.717, 1.165) is 11.3 Å². The molecule has 2 aromatic carbocycles. The van der Waals surface area contributed by atoms with Crippen LogP contribution in [-0.2, 0) is 10.0 Å². The summed E-state index contributed by atoms with van der Waals surface area (Å²) >= 11 is 5.35. The van der Waals surface area contributed by atoms with Gasteiger partial charge in [0.2, 0.25) is 10.0 Å². The lowest BCUT2D eigenvalue weighted by Gasteiger charge is -2.16. The zero-order valence-electron chi connectivity index (χ0n) is 15.0. The van der Waals surface area contributed by atoms with Crippen LogP contribution in [0.5, 0.6) is 0 Å². The van der Waals surface area contributed by atoms with Crippen molar-refractivity contribution >= 4 is 38.7 Å². The van der Waals surface area contributed by atoms with Crippen molar-refractivity contribution < 1.29 is 8.42 Å². The molecule has 0 aliphatic rings. The lowest BCUT2D eigenvalue weighted by molar-refractivity contribution is 0.520. The van der Waals surface area contributed by atoms with E-state index in [1.165, 1.54) is 24.0 Å². The van der Waals surface area contributed by atoms with E-state index >= 15 is 0 Å². The van der Waals surface area contributed by atoms with E-state index in [-0.39, 0.29) is 4.90 Å². The van der Waals surface area contributed by atoms with Gasteiger partial charge in [-0.25, -0.2) is 12.7 Å². The van der Waals surface area contributed by atoms with Crippen molar-refractivity contribution in [2.24, 2.45) is 0 Å². The Kier molecular flexibility index (Phi) is 5.82. The molecule has 134 valence electrons. The summed E-state index contributed by atoms with van der Waals surface area (Å²) in [5, 5.41) is 6.60. The van der Waals surface area contributed by atoms with Gasteiger partial charge in [-0.3, -0.25) is 0 Å². The Morgan fingerprint density at radius 2 is 1.64 bits per heavy atom. The zero-order valence-corrected chi connectivity index (χ0v) is 16.7. The maximum Gasteiger partial charge on any atom is 0.242 e. The van der Waals surface area contributed by atoms with Gasteiger partial charge in [-0.1, -0.05) is 23.8 Å². The van der Waals surface area contributed by atoms with Gasteiger partial charge in [-0.05, 0) is 62.3 Å². The number of benzene rings is 2. The topological polar surface area (TPSA) is 61.4 Å². The predicted molar refractivity (Wildman–Crippen MR) is 108 cm³/mol. The first-order chi connectivity index (χ1) is 11.6. The van der Waals surface area contributed by atoms with Crippen LogP contribution in [0.1, 0.15) is 16.7 Å². The second-order valence-corrected chi connectivity index (χ2v) is 8.69. The fourth-order valence-electron chi connectivity index (χ4n) is 2.39. The van der Waals surface area contributed by atoms with Crippen LogP contribution in [0.3, 0.4) is 0 Å². The minimum Gasteiger partial charge on any atom is -0.332 e. The van der Waals surface area contributed by atoms with E-state index in [1.807, 2.05) is 26.0 Å². The number of hydrogen-bond donors (Lipinski definition) is 2. The molecule has 2 aromatic rings. The first-order valence-corrected chi connectivity index (χ1v) is 9.64. The van der Waals surface area contributed by atoms with Crippen LogP contribution < -0.4 is 10.6 Å². The molecule has 0 aliphatic heterocycles. The minimum absolute atomic E-state index is 0.261. The molecule has 2 N–H and O–H groups in total. The SMILES string of the molecule is Cc1ccc(NC(=S)Nc2ccc(C)c(S(=O)(=O)N(C)C)c2)c(C)c1. The number of nitrogens with one attached hydrogen (secondary N) is 2. The zero-order chi connectivity index (χ0) is 18.8. The molecule has 0 aliphatic carbocycles. The maximum absolute atomic E-state index is 12.4. The van der Waals surface area contributed by atoms with Gasteiger partial charge in [-0.2, -0.15) is 0 Å². The van der Waals surface area contributed by atoms with Crippen molar-refractivity contribution in [2.45, 2.75) is 25.7 Å². The van der Waals surface area contributed by atoms with Crippen LogP contribution in [0.4, 0.5) is 11.4 Å². The van der Waals surface area contributed by atoms with Crippen molar-refractivity contribution in [1.29, 1.82) is 0 Å². The summed E-state index contributed by atoms with van der Waals surface area (Å²) in [6, 6.07) is 11.2. The highest BCUT2D eigenvalue weighted by molar-refractivity contribution is 7.89. The second-order valence-electron chi connectivity index (χ2n) is 6.17. The van der Waals surface area contributed by atoms with Gasteiger partial charge in [-0.15, -0.1) is 0 Å². The third kappa shape index (κ3) is 4.56. The number of sulfonamides is 1. The molecule has 0 saturated carbocycles.